The van der Waals surface area contributed by atoms with Gasteiger partial charge in [-0.25, -0.2) is 4.79 Å². The number of aromatic nitrogens is 2. The summed E-state index contributed by atoms with van der Waals surface area (Å²) >= 11 is 13.2. The maximum absolute atomic E-state index is 11.3. The van der Waals surface area contributed by atoms with E-state index >= 15 is 0 Å². The van der Waals surface area contributed by atoms with Gasteiger partial charge in [0.05, 0.1) is 20.9 Å². The average Bonchev–Trinajstić information content (AvgIpc) is 2.80. The van der Waals surface area contributed by atoms with E-state index in [4.69, 9.17) is 11.6 Å². The molecule has 102 valence electrons. The Kier molecular flexibility index (Phi) is 3.75. The Labute approximate surface area is 136 Å². The summed E-state index contributed by atoms with van der Waals surface area (Å²) in [5.41, 5.74) is 3.49. The highest BCUT2D eigenvalue weighted by Crippen LogP contribution is 2.35. The Hall–Kier alpha value is -1.04. The second kappa shape index (κ2) is 5.39. The molecule has 0 aliphatic heterocycles. The zero-order valence-corrected chi connectivity index (χ0v) is 14.0. The van der Waals surface area contributed by atoms with Crippen molar-refractivity contribution in [3.63, 3.8) is 0 Å². The molecule has 0 spiro atoms. The van der Waals surface area contributed by atoms with E-state index in [-0.39, 0.29) is 10.5 Å². The van der Waals surface area contributed by atoms with Gasteiger partial charge in [-0.15, -0.1) is 0 Å². The zero-order chi connectivity index (χ0) is 14.3. The molecular formula is C14H9Br2ClN2O. The number of halogens is 3. The van der Waals surface area contributed by atoms with E-state index in [1.54, 1.807) is 0 Å². The molecule has 1 atom stereocenters. The van der Waals surface area contributed by atoms with Gasteiger partial charge in [-0.2, -0.15) is 0 Å². The second-order valence-corrected chi connectivity index (χ2v) is 6.60. The molecule has 0 radical (unpaired) electrons. The standard InChI is InChI=1S/C14H9Br2ClN2O/c15-9-3-1-7(5-10(9)17)13(16)8-2-4-11-12(6-8)19-14(20)18-11/h1-6,13H,(H2,18,19,20). The maximum Gasteiger partial charge on any atom is 0.323 e. The molecule has 0 amide bonds. The lowest BCUT2D eigenvalue weighted by molar-refractivity contribution is 1.18. The summed E-state index contributed by atoms with van der Waals surface area (Å²) in [6.07, 6.45) is 0. The first-order valence-electron chi connectivity index (χ1n) is 5.85. The molecule has 20 heavy (non-hydrogen) atoms. The van der Waals surface area contributed by atoms with Crippen LogP contribution in [0.3, 0.4) is 0 Å². The molecule has 1 unspecified atom stereocenters. The smallest absolute Gasteiger partial charge is 0.306 e. The van der Waals surface area contributed by atoms with E-state index in [9.17, 15) is 4.79 Å². The minimum Gasteiger partial charge on any atom is -0.306 e. The van der Waals surface area contributed by atoms with E-state index in [0.717, 1.165) is 26.6 Å². The molecule has 3 nitrogen and oxygen atoms in total. The molecule has 2 N–H and O–H groups in total. The van der Waals surface area contributed by atoms with Crippen molar-refractivity contribution in [3.05, 3.63) is 67.5 Å². The predicted octanol–water partition coefficient (Wildman–Crippen LogP) is 4.76. The Morgan fingerprint density at radius 3 is 2.40 bits per heavy atom. The number of imidazole rings is 1. The van der Waals surface area contributed by atoms with Crippen molar-refractivity contribution in [2.24, 2.45) is 0 Å². The van der Waals surface area contributed by atoms with Crippen molar-refractivity contribution >= 4 is 54.5 Å². The van der Waals surface area contributed by atoms with Crippen LogP contribution in [-0.4, -0.2) is 9.97 Å². The number of fused-ring (bicyclic) bond motifs is 1. The molecule has 1 aromatic heterocycles. The number of aromatic amines is 2. The molecule has 0 aliphatic rings. The van der Waals surface area contributed by atoms with Crippen LogP contribution in [0.4, 0.5) is 0 Å². The molecule has 3 aromatic rings. The van der Waals surface area contributed by atoms with Gasteiger partial charge in [0, 0.05) is 4.47 Å². The van der Waals surface area contributed by atoms with Crippen molar-refractivity contribution in [2.75, 3.05) is 0 Å². The number of H-pyrrole nitrogens is 2. The van der Waals surface area contributed by atoms with Gasteiger partial charge in [-0.3, -0.25) is 0 Å². The molecule has 1 heterocycles. The predicted molar refractivity (Wildman–Crippen MR) is 88.8 cm³/mol. The largest absolute Gasteiger partial charge is 0.323 e. The summed E-state index contributed by atoms with van der Waals surface area (Å²) in [7, 11) is 0. The van der Waals surface area contributed by atoms with Crippen LogP contribution in [0.25, 0.3) is 11.0 Å². The summed E-state index contributed by atoms with van der Waals surface area (Å²) in [6.45, 7) is 0. The fourth-order valence-corrected chi connectivity index (χ4v) is 3.08. The van der Waals surface area contributed by atoms with Gasteiger partial charge in [0.25, 0.3) is 0 Å². The van der Waals surface area contributed by atoms with Crippen molar-refractivity contribution in [3.8, 4) is 0 Å². The number of hydrogen-bond donors (Lipinski definition) is 2. The van der Waals surface area contributed by atoms with Crippen LogP contribution in [0.15, 0.2) is 45.7 Å². The van der Waals surface area contributed by atoms with Gasteiger partial charge >= 0.3 is 5.69 Å². The minimum absolute atomic E-state index is 0.0101. The van der Waals surface area contributed by atoms with Crippen LogP contribution in [0.1, 0.15) is 16.0 Å². The first kappa shape index (κ1) is 13.9. The molecule has 0 aliphatic carbocycles. The number of alkyl halides is 1. The van der Waals surface area contributed by atoms with Gasteiger partial charge in [0.15, 0.2) is 0 Å². The van der Waals surface area contributed by atoms with Crippen LogP contribution in [0, 0.1) is 0 Å². The summed E-state index contributed by atoms with van der Waals surface area (Å²) in [5.74, 6) is 0. The van der Waals surface area contributed by atoms with Gasteiger partial charge in [-0.05, 0) is 51.3 Å². The van der Waals surface area contributed by atoms with Gasteiger partial charge in [0.1, 0.15) is 0 Å². The summed E-state index contributed by atoms with van der Waals surface area (Å²) in [5, 5.41) is 0.670. The lowest BCUT2D eigenvalue weighted by Gasteiger charge is -2.11. The third kappa shape index (κ3) is 2.57. The number of hydrogen-bond acceptors (Lipinski definition) is 1. The molecule has 6 heteroatoms. The second-order valence-electron chi connectivity index (χ2n) is 4.42. The molecule has 2 aromatic carbocycles. The lowest BCUT2D eigenvalue weighted by Crippen LogP contribution is -1.99. The van der Waals surface area contributed by atoms with Gasteiger partial charge in [0.2, 0.25) is 0 Å². The Morgan fingerprint density at radius 2 is 1.65 bits per heavy atom. The monoisotopic (exact) mass is 414 g/mol. The van der Waals surface area contributed by atoms with E-state index in [1.807, 2.05) is 36.4 Å². The van der Waals surface area contributed by atoms with Crippen LogP contribution in [0.5, 0.6) is 0 Å². The molecule has 0 saturated heterocycles. The quantitative estimate of drug-likeness (QED) is 0.582. The summed E-state index contributed by atoms with van der Waals surface area (Å²) in [6, 6.07) is 11.6. The van der Waals surface area contributed by atoms with Gasteiger partial charge in [-0.1, -0.05) is 39.7 Å². The van der Waals surface area contributed by atoms with Crippen LogP contribution >= 0.6 is 43.5 Å². The van der Waals surface area contributed by atoms with Gasteiger partial charge < -0.3 is 9.97 Å². The molecule has 0 fully saturated rings. The van der Waals surface area contributed by atoms with Crippen molar-refractivity contribution in [2.45, 2.75) is 4.83 Å². The Morgan fingerprint density at radius 1 is 1.00 bits per heavy atom. The first-order valence-corrected chi connectivity index (χ1v) is 7.94. The highest BCUT2D eigenvalue weighted by molar-refractivity contribution is 9.10. The summed E-state index contributed by atoms with van der Waals surface area (Å²) < 4.78 is 0.869. The Bertz CT molecular complexity index is 841. The third-order valence-electron chi connectivity index (χ3n) is 3.07. The Balaban J connectivity index is 2.04. The molecule has 0 bridgehead atoms. The van der Waals surface area contributed by atoms with E-state index in [1.165, 1.54) is 0 Å². The topological polar surface area (TPSA) is 48.6 Å². The van der Waals surface area contributed by atoms with Crippen molar-refractivity contribution < 1.29 is 0 Å². The fraction of sp³-hybridized carbons (Fsp3) is 0.0714. The van der Waals surface area contributed by atoms with Crippen molar-refractivity contribution in [1.82, 2.24) is 9.97 Å². The van der Waals surface area contributed by atoms with Crippen LogP contribution < -0.4 is 5.69 Å². The van der Waals surface area contributed by atoms with Crippen LogP contribution in [-0.2, 0) is 0 Å². The van der Waals surface area contributed by atoms with Crippen LogP contribution in [0.2, 0.25) is 5.02 Å². The number of benzene rings is 2. The zero-order valence-electron chi connectivity index (χ0n) is 10.1. The van der Waals surface area contributed by atoms with E-state index < -0.39 is 0 Å². The average molecular weight is 417 g/mol. The molecule has 3 rings (SSSR count). The minimum atomic E-state index is -0.199. The number of rotatable bonds is 2. The molecular weight excluding hydrogens is 407 g/mol. The van der Waals surface area contributed by atoms with E-state index in [0.29, 0.717) is 5.02 Å². The first-order chi connectivity index (χ1) is 9.54. The SMILES string of the molecule is O=c1[nH]c2ccc(C(Br)c3ccc(Br)c(Cl)c3)cc2[nH]1. The highest BCUT2D eigenvalue weighted by Gasteiger charge is 2.13. The summed E-state index contributed by atoms with van der Waals surface area (Å²) in [4.78, 5) is 16.8. The maximum atomic E-state index is 11.3. The lowest BCUT2D eigenvalue weighted by atomic mass is 10.0. The molecule has 0 saturated carbocycles. The third-order valence-corrected chi connectivity index (χ3v) is 5.36. The highest BCUT2D eigenvalue weighted by atomic mass is 79.9. The fourth-order valence-electron chi connectivity index (χ4n) is 2.07. The van der Waals surface area contributed by atoms with Crippen molar-refractivity contribution in [1.29, 1.82) is 0 Å². The number of nitrogens with one attached hydrogen (secondary N) is 2. The van der Waals surface area contributed by atoms with E-state index in [2.05, 4.69) is 41.8 Å². The normalized spacial score (nSPS) is 12.8.